The van der Waals surface area contributed by atoms with E-state index >= 15 is 0 Å². The summed E-state index contributed by atoms with van der Waals surface area (Å²) in [5, 5.41) is 3.37. The van der Waals surface area contributed by atoms with E-state index in [4.69, 9.17) is 4.74 Å². The molecular formula is C15H22N2O2. The lowest BCUT2D eigenvalue weighted by molar-refractivity contribution is -0.142. The van der Waals surface area contributed by atoms with Gasteiger partial charge in [-0.3, -0.25) is 4.79 Å². The maximum atomic E-state index is 11.8. The van der Waals surface area contributed by atoms with Crippen LogP contribution in [0.4, 0.5) is 5.69 Å². The van der Waals surface area contributed by atoms with Crippen LogP contribution >= 0.6 is 0 Å². The van der Waals surface area contributed by atoms with Crippen LogP contribution in [0.1, 0.15) is 25.3 Å². The summed E-state index contributed by atoms with van der Waals surface area (Å²) in [7, 11) is 0. The van der Waals surface area contributed by atoms with Crippen molar-refractivity contribution < 1.29 is 9.53 Å². The van der Waals surface area contributed by atoms with E-state index < -0.39 is 0 Å². The molecule has 0 bridgehead atoms. The van der Waals surface area contributed by atoms with Crippen LogP contribution in [-0.2, 0) is 16.1 Å². The van der Waals surface area contributed by atoms with Crippen LogP contribution in [0.15, 0.2) is 24.3 Å². The molecule has 4 nitrogen and oxygen atoms in total. The normalized spacial score (nSPS) is 14.7. The Balaban J connectivity index is 1.98. The van der Waals surface area contributed by atoms with Crippen molar-refractivity contribution in [3.05, 3.63) is 29.8 Å². The molecule has 0 amide bonds. The first-order chi connectivity index (χ1) is 9.31. The monoisotopic (exact) mass is 262 g/mol. The Labute approximate surface area is 114 Å². The lowest BCUT2D eigenvalue weighted by atomic mass is 10.1. The summed E-state index contributed by atoms with van der Waals surface area (Å²) < 4.78 is 5.24. The molecule has 0 saturated heterocycles. The highest BCUT2D eigenvalue weighted by molar-refractivity contribution is 5.76. The zero-order valence-electron chi connectivity index (χ0n) is 11.5. The van der Waals surface area contributed by atoms with Crippen LogP contribution in [0.25, 0.3) is 0 Å². The van der Waals surface area contributed by atoms with Gasteiger partial charge in [0.05, 0.1) is 6.61 Å². The van der Waals surface area contributed by atoms with Crippen LogP contribution in [0.3, 0.4) is 0 Å². The second-order valence-electron chi connectivity index (χ2n) is 4.80. The van der Waals surface area contributed by atoms with E-state index in [1.54, 1.807) is 0 Å². The van der Waals surface area contributed by atoms with Crippen molar-refractivity contribution in [2.24, 2.45) is 0 Å². The third kappa shape index (κ3) is 3.96. The van der Waals surface area contributed by atoms with Gasteiger partial charge in [0.2, 0.25) is 0 Å². The van der Waals surface area contributed by atoms with Crippen molar-refractivity contribution in [1.82, 2.24) is 5.32 Å². The highest BCUT2D eigenvalue weighted by Gasteiger charge is 2.17. The standard InChI is InChI=1S/C15H22N2O2/c1-2-3-10-19-15(18)12-17-9-8-16-11-13-6-4-5-7-14(13)17/h4-7,16H,2-3,8-12H2,1H3. The fourth-order valence-corrected chi connectivity index (χ4v) is 2.22. The summed E-state index contributed by atoms with van der Waals surface area (Å²) >= 11 is 0. The molecular weight excluding hydrogens is 240 g/mol. The summed E-state index contributed by atoms with van der Waals surface area (Å²) in [6, 6.07) is 8.22. The molecule has 2 rings (SSSR count). The Morgan fingerprint density at radius 1 is 1.42 bits per heavy atom. The minimum absolute atomic E-state index is 0.134. The van der Waals surface area contributed by atoms with Gasteiger partial charge in [-0.1, -0.05) is 31.5 Å². The molecule has 4 heteroatoms. The zero-order valence-corrected chi connectivity index (χ0v) is 11.5. The first-order valence-corrected chi connectivity index (χ1v) is 7.00. The van der Waals surface area contributed by atoms with Crippen molar-refractivity contribution in [3.8, 4) is 0 Å². The van der Waals surface area contributed by atoms with Crippen LogP contribution in [0.5, 0.6) is 0 Å². The molecule has 1 aromatic carbocycles. The van der Waals surface area contributed by atoms with Crippen LogP contribution in [-0.4, -0.2) is 32.2 Å². The van der Waals surface area contributed by atoms with Gasteiger partial charge in [-0.05, 0) is 18.1 Å². The molecule has 0 unspecified atom stereocenters. The van der Waals surface area contributed by atoms with E-state index in [0.717, 1.165) is 38.2 Å². The minimum Gasteiger partial charge on any atom is -0.464 e. The number of para-hydroxylation sites is 1. The topological polar surface area (TPSA) is 41.6 Å². The molecule has 1 heterocycles. The number of rotatable bonds is 5. The highest BCUT2D eigenvalue weighted by Crippen LogP contribution is 2.21. The van der Waals surface area contributed by atoms with E-state index in [2.05, 4.69) is 29.3 Å². The Bertz CT molecular complexity index is 420. The molecule has 1 aliphatic rings. The van der Waals surface area contributed by atoms with Crippen LogP contribution in [0, 0.1) is 0 Å². The number of esters is 1. The zero-order chi connectivity index (χ0) is 13.5. The fourth-order valence-electron chi connectivity index (χ4n) is 2.22. The Kier molecular flexibility index (Phi) is 5.21. The van der Waals surface area contributed by atoms with E-state index in [0.29, 0.717) is 13.2 Å². The van der Waals surface area contributed by atoms with Gasteiger partial charge in [-0.25, -0.2) is 0 Å². The van der Waals surface area contributed by atoms with Crippen LogP contribution in [0.2, 0.25) is 0 Å². The van der Waals surface area contributed by atoms with Gasteiger partial charge in [0.1, 0.15) is 6.54 Å². The first-order valence-electron chi connectivity index (χ1n) is 7.00. The number of unbranched alkanes of at least 4 members (excludes halogenated alkanes) is 1. The number of fused-ring (bicyclic) bond motifs is 1. The molecule has 104 valence electrons. The lowest BCUT2D eigenvalue weighted by Crippen LogP contribution is -2.34. The number of nitrogens with zero attached hydrogens (tertiary/aromatic N) is 1. The van der Waals surface area contributed by atoms with Crippen molar-refractivity contribution >= 4 is 11.7 Å². The number of carbonyl (C=O) groups is 1. The number of hydrogen-bond donors (Lipinski definition) is 1. The maximum Gasteiger partial charge on any atom is 0.325 e. The molecule has 1 aromatic rings. The van der Waals surface area contributed by atoms with Gasteiger partial charge >= 0.3 is 5.97 Å². The molecule has 0 atom stereocenters. The van der Waals surface area contributed by atoms with Crippen LogP contribution < -0.4 is 10.2 Å². The molecule has 0 fully saturated rings. The van der Waals surface area contributed by atoms with Gasteiger partial charge in [-0.2, -0.15) is 0 Å². The van der Waals surface area contributed by atoms with E-state index in [-0.39, 0.29) is 5.97 Å². The molecule has 1 N–H and O–H groups in total. The predicted octanol–water partition coefficient (Wildman–Crippen LogP) is 1.94. The van der Waals surface area contributed by atoms with Crippen molar-refractivity contribution in [2.75, 3.05) is 31.1 Å². The smallest absolute Gasteiger partial charge is 0.325 e. The first kappa shape index (κ1) is 13.9. The molecule has 0 aliphatic carbocycles. The third-order valence-electron chi connectivity index (χ3n) is 3.29. The third-order valence-corrected chi connectivity index (χ3v) is 3.29. The van der Waals surface area contributed by atoms with E-state index in [1.165, 1.54) is 5.56 Å². The molecule has 0 saturated carbocycles. The van der Waals surface area contributed by atoms with Gasteiger partial charge in [-0.15, -0.1) is 0 Å². The fraction of sp³-hybridized carbons (Fsp3) is 0.533. The number of nitrogens with one attached hydrogen (secondary N) is 1. The van der Waals surface area contributed by atoms with Gasteiger partial charge in [0.15, 0.2) is 0 Å². The molecule has 0 aromatic heterocycles. The highest BCUT2D eigenvalue weighted by atomic mass is 16.5. The second kappa shape index (κ2) is 7.14. The quantitative estimate of drug-likeness (QED) is 0.650. The molecule has 1 aliphatic heterocycles. The summed E-state index contributed by atoms with van der Waals surface area (Å²) in [4.78, 5) is 13.9. The SMILES string of the molecule is CCCCOC(=O)CN1CCNCc2ccccc21. The summed E-state index contributed by atoms with van der Waals surface area (Å²) in [5.74, 6) is -0.134. The van der Waals surface area contributed by atoms with Gasteiger partial charge in [0.25, 0.3) is 0 Å². The molecule has 0 radical (unpaired) electrons. The van der Waals surface area contributed by atoms with Crippen molar-refractivity contribution in [3.63, 3.8) is 0 Å². The molecule has 0 spiro atoms. The van der Waals surface area contributed by atoms with E-state index in [1.807, 2.05) is 12.1 Å². The van der Waals surface area contributed by atoms with Gasteiger partial charge < -0.3 is 15.0 Å². The largest absolute Gasteiger partial charge is 0.464 e. The minimum atomic E-state index is -0.134. The lowest BCUT2D eigenvalue weighted by Gasteiger charge is -2.23. The van der Waals surface area contributed by atoms with Gasteiger partial charge in [0, 0.05) is 25.3 Å². The average Bonchev–Trinajstić information content (AvgIpc) is 2.62. The average molecular weight is 262 g/mol. The summed E-state index contributed by atoms with van der Waals surface area (Å²) in [6.07, 6.45) is 1.98. The Morgan fingerprint density at radius 2 is 2.26 bits per heavy atom. The number of benzene rings is 1. The summed E-state index contributed by atoms with van der Waals surface area (Å²) in [6.45, 7) is 5.53. The van der Waals surface area contributed by atoms with Crippen molar-refractivity contribution in [1.29, 1.82) is 0 Å². The molecule has 19 heavy (non-hydrogen) atoms. The Morgan fingerprint density at radius 3 is 3.11 bits per heavy atom. The van der Waals surface area contributed by atoms with Crippen molar-refractivity contribution in [2.45, 2.75) is 26.3 Å². The number of anilines is 1. The number of hydrogen-bond acceptors (Lipinski definition) is 4. The Hall–Kier alpha value is -1.55. The predicted molar refractivity (Wildman–Crippen MR) is 76.2 cm³/mol. The number of carbonyl (C=O) groups excluding carboxylic acids is 1. The second-order valence-corrected chi connectivity index (χ2v) is 4.80. The summed E-state index contributed by atoms with van der Waals surface area (Å²) in [5.41, 5.74) is 2.38. The maximum absolute atomic E-state index is 11.8. The number of ether oxygens (including phenoxy) is 1. The van der Waals surface area contributed by atoms with E-state index in [9.17, 15) is 4.79 Å².